The van der Waals surface area contributed by atoms with Crippen molar-refractivity contribution in [3.63, 3.8) is 0 Å². The largest absolute Gasteiger partial charge is 0.351 e. The molecule has 1 atom stereocenters. The number of rotatable bonds is 5. The first kappa shape index (κ1) is 16.3. The van der Waals surface area contributed by atoms with Crippen molar-refractivity contribution in [2.45, 2.75) is 25.9 Å². The second-order valence-corrected chi connectivity index (χ2v) is 5.39. The Kier molecular flexibility index (Phi) is 4.70. The lowest BCUT2D eigenvalue weighted by Gasteiger charge is -2.14. The first-order valence-electron chi connectivity index (χ1n) is 6.86. The second kappa shape index (κ2) is 6.35. The van der Waals surface area contributed by atoms with E-state index < -0.39 is 11.2 Å². The summed E-state index contributed by atoms with van der Waals surface area (Å²) in [5.74, 6) is 0.0612. The summed E-state index contributed by atoms with van der Waals surface area (Å²) in [6.45, 7) is 1.86. The SMILES string of the molecule is CC[C@@H](CCl)NC(=O)Cn1cnc2c1c(=O)n(C)c(=O)n2C. The minimum Gasteiger partial charge on any atom is -0.351 e. The molecule has 2 aromatic heterocycles. The Balaban J connectivity index is 2.40. The molecule has 0 aliphatic carbocycles. The molecule has 0 bridgehead atoms. The molecule has 2 heterocycles. The number of amides is 1. The van der Waals surface area contributed by atoms with Crippen molar-refractivity contribution in [3.8, 4) is 0 Å². The van der Waals surface area contributed by atoms with E-state index >= 15 is 0 Å². The van der Waals surface area contributed by atoms with Crippen LogP contribution in [0.3, 0.4) is 0 Å². The average Bonchev–Trinajstić information content (AvgIpc) is 2.92. The third-order valence-electron chi connectivity index (χ3n) is 3.58. The number of carbonyl (C=O) groups excluding carboxylic acids is 1. The van der Waals surface area contributed by atoms with Gasteiger partial charge in [-0.2, -0.15) is 0 Å². The van der Waals surface area contributed by atoms with E-state index in [0.29, 0.717) is 5.88 Å². The van der Waals surface area contributed by atoms with Crippen LogP contribution in [0.15, 0.2) is 15.9 Å². The number of fused-ring (bicyclic) bond motifs is 1. The van der Waals surface area contributed by atoms with Gasteiger partial charge >= 0.3 is 5.69 Å². The molecule has 0 fully saturated rings. The molecule has 2 rings (SSSR count). The molecule has 0 aromatic carbocycles. The number of nitrogens with zero attached hydrogens (tertiary/aromatic N) is 4. The third kappa shape index (κ3) is 2.78. The lowest BCUT2D eigenvalue weighted by molar-refractivity contribution is -0.122. The van der Waals surface area contributed by atoms with Crippen LogP contribution in [-0.4, -0.2) is 36.5 Å². The maximum absolute atomic E-state index is 12.2. The van der Waals surface area contributed by atoms with Crippen molar-refractivity contribution in [1.82, 2.24) is 24.0 Å². The van der Waals surface area contributed by atoms with E-state index in [-0.39, 0.29) is 29.7 Å². The quantitative estimate of drug-likeness (QED) is 0.754. The fourth-order valence-electron chi connectivity index (χ4n) is 2.19. The number of imidazole rings is 1. The Bertz CT molecular complexity index is 815. The fraction of sp³-hybridized carbons (Fsp3) is 0.538. The normalized spacial score (nSPS) is 12.5. The van der Waals surface area contributed by atoms with Gasteiger partial charge in [-0.05, 0) is 6.42 Å². The number of alkyl halides is 1. The van der Waals surface area contributed by atoms with Gasteiger partial charge in [0.15, 0.2) is 11.2 Å². The van der Waals surface area contributed by atoms with Crippen LogP contribution in [0, 0.1) is 0 Å². The van der Waals surface area contributed by atoms with Gasteiger partial charge in [0.05, 0.1) is 6.33 Å². The number of nitrogens with one attached hydrogen (secondary N) is 1. The van der Waals surface area contributed by atoms with E-state index in [2.05, 4.69) is 10.3 Å². The third-order valence-corrected chi connectivity index (χ3v) is 3.95. The molecule has 0 aliphatic heterocycles. The van der Waals surface area contributed by atoms with Crippen LogP contribution in [0.4, 0.5) is 0 Å². The van der Waals surface area contributed by atoms with Gasteiger partial charge in [-0.25, -0.2) is 9.78 Å². The van der Waals surface area contributed by atoms with E-state index in [9.17, 15) is 14.4 Å². The monoisotopic (exact) mass is 327 g/mol. The van der Waals surface area contributed by atoms with Crippen molar-refractivity contribution in [2.24, 2.45) is 14.1 Å². The molecular weight excluding hydrogens is 310 g/mol. The lowest BCUT2D eigenvalue weighted by atomic mass is 10.2. The Labute approximate surface area is 131 Å². The zero-order chi connectivity index (χ0) is 16.4. The molecule has 1 amide bonds. The van der Waals surface area contributed by atoms with Crippen LogP contribution in [0.1, 0.15) is 13.3 Å². The summed E-state index contributed by atoms with van der Waals surface area (Å²) in [6, 6.07) is -0.115. The van der Waals surface area contributed by atoms with E-state index in [0.717, 1.165) is 11.0 Å². The first-order chi connectivity index (χ1) is 10.4. The Morgan fingerprint density at radius 2 is 2.05 bits per heavy atom. The topological polar surface area (TPSA) is 90.9 Å². The highest BCUT2D eigenvalue weighted by molar-refractivity contribution is 6.18. The summed E-state index contributed by atoms with van der Waals surface area (Å²) in [5.41, 5.74) is -0.461. The second-order valence-electron chi connectivity index (χ2n) is 5.08. The Morgan fingerprint density at radius 3 is 2.64 bits per heavy atom. The molecular formula is C13H18ClN5O3. The highest BCUT2D eigenvalue weighted by atomic mass is 35.5. The summed E-state index contributed by atoms with van der Waals surface area (Å²) in [5, 5.41) is 2.78. The maximum atomic E-state index is 12.2. The molecule has 120 valence electrons. The standard InChI is InChI=1S/C13H18ClN5O3/c1-4-8(5-14)16-9(20)6-19-7-15-11-10(19)12(21)18(3)13(22)17(11)2/h7-8H,4-6H2,1-3H3,(H,16,20)/t8-/m0/s1. The molecule has 0 unspecified atom stereocenters. The van der Waals surface area contributed by atoms with Crippen LogP contribution >= 0.6 is 11.6 Å². The lowest BCUT2D eigenvalue weighted by Crippen LogP contribution is -2.39. The number of carbonyl (C=O) groups is 1. The van der Waals surface area contributed by atoms with Crippen LogP contribution in [-0.2, 0) is 25.4 Å². The molecule has 8 nitrogen and oxygen atoms in total. The number of aromatic nitrogens is 4. The average molecular weight is 328 g/mol. The summed E-state index contributed by atoms with van der Waals surface area (Å²) in [7, 11) is 2.92. The van der Waals surface area contributed by atoms with Crippen molar-refractivity contribution < 1.29 is 4.79 Å². The van der Waals surface area contributed by atoms with Gasteiger partial charge in [0.1, 0.15) is 6.54 Å². The minimum absolute atomic E-state index is 0.0582. The van der Waals surface area contributed by atoms with Gasteiger partial charge in [-0.15, -0.1) is 11.6 Å². The molecule has 22 heavy (non-hydrogen) atoms. The number of hydrogen-bond acceptors (Lipinski definition) is 4. The molecule has 1 N–H and O–H groups in total. The predicted molar refractivity (Wildman–Crippen MR) is 83.2 cm³/mol. The molecule has 0 spiro atoms. The molecule has 0 saturated heterocycles. The van der Waals surface area contributed by atoms with Crippen molar-refractivity contribution >= 4 is 28.7 Å². The summed E-state index contributed by atoms with van der Waals surface area (Å²) in [4.78, 5) is 40.2. The molecule has 2 aromatic rings. The van der Waals surface area contributed by atoms with Crippen molar-refractivity contribution in [1.29, 1.82) is 0 Å². The number of aryl methyl sites for hydroxylation is 1. The highest BCUT2D eigenvalue weighted by Gasteiger charge is 2.16. The zero-order valence-corrected chi connectivity index (χ0v) is 13.4. The van der Waals surface area contributed by atoms with Crippen LogP contribution in [0.2, 0.25) is 0 Å². The molecule has 0 aliphatic rings. The maximum Gasteiger partial charge on any atom is 0.332 e. The smallest absolute Gasteiger partial charge is 0.332 e. The van der Waals surface area contributed by atoms with E-state index in [4.69, 9.17) is 11.6 Å². The van der Waals surface area contributed by atoms with Gasteiger partial charge in [0.2, 0.25) is 5.91 Å². The van der Waals surface area contributed by atoms with Gasteiger partial charge in [-0.1, -0.05) is 6.92 Å². The van der Waals surface area contributed by atoms with Crippen LogP contribution < -0.4 is 16.6 Å². The molecule has 9 heteroatoms. The number of halogens is 1. The van der Waals surface area contributed by atoms with Gasteiger partial charge in [-0.3, -0.25) is 18.7 Å². The highest BCUT2D eigenvalue weighted by Crippen LogP contribution is 2.05. The van der Waals surface area contributed by atoms with Crippen LogP contribution in [0.25, 0.3) is 11.2 Å². The Morgan fingerprint density at radius 1 is 1.36 bits per heavy atom. The molecule has 0 saturated carbocycles. The summed E-state index contributed by atoms with van der Waals surface area (Å²) < 4.78 is 3.71. The first-order valence-corrected chi connectivity index (χ1v) is 7.40. The summed E-state index contributed by atoms with van der Waals surface area (Å²) in [6.07, 6.45) is 2.10. The van der Waals surface area contributed by atoms with Crippen LogP contribution in [0.5, 0.6) is 0 Å². The van der Waals surface area contributed by atoms with Gasteiger partial charge in [0.25, 0.3) is 5.56 Å². The van der Waals surface area contributed by atoms with Gasteiger partial charge < -0.3 is 9.88 Å². The fourth-order valence-corrected chi connectivity index (χ4v) is 2.49. The minimum atomic E-state index is -0.479. The van der Waals surface area contributed by atoms with E-state index in [1.54, 1.807) is 0 Å². The predicted octanol–water partition coefficient (Wildman–Crippen LogP) is -0.433. The number of hydrogen-bond donors (Lipinski definition) is 1. The van der Waals surface area contributed by atoms with Crippen molar-refractivity contribution in [3.05, 3.63) is 27.2 Å². The van der Waals surface area contributed by atoms with E-state index in [1.165, 1.54) is 29.6 Å². The van der Waals surface area contributed by atoms with Gasteiger partial charge in [0, 0.05) is 26.0 Å². The van der Waals surface area contributed by atoms with Crippen molar-refractivity contribution in [2.75, 3.05) is 5.88 Å². The molecule has 0 radical (unpaired) electrons. The van der Waals surface area contributed by atoms with E-state index in [1.807, 2.05) is 6.92 Å². The Hall–Kier alpha value is -2.09. The summed E-state index contributed by atoms with van der Waals surface area (Å²) >= 11 is 5.75. The zero-order valence-electron chi connectivity index (χ0n) is 12.7.